The highest BCUT2D eigenvalue weighted by atomic mass is 16.5. The molecule has 0 aliphatic carbocycles. The number of aromatic nitrogens is 3. The third-order valence-corrected chi connectivity index (χ3v) is 2.24. The number of hydrogen-bond acceptors (Lipinski definition) is 4. The van der Waals surface area contributed by atoms with Crippen molar-refractivity contribution in [3.63, 3.8) is 0 Å². The number of amides is 2. The van der Waals surface area contributed by atoms with E-state index in [4.69, 9.17) is 4.74 Å². The molecule has 2 amide bonds. The Balaban J connectivity index is 1.89. The van der Waals surface area contributed by atoms with Crippen LogP contribution in [0.4, 0.5) is 10.5 Å². The zero-order chi connectivity index (χ0) is 12.8. The number of pyridine rings is 1. The average molecular weight is 247 g/mol. The third kappa shape index (κ3) is 2.97. The Labute approximate surface area is 104 Å². The summed E-state index contributed by atoms with van der Waals surface area (Å²) >= 11 is 0. The summed E-state index contributed by atoms with van der Waals surface area (Å²) in [6.45, 7) is 0.334. The zero-order valence-corrected chi connectivity index (χ0v) is 9.80. The topological polar surface area (TPSA) is 91.9 Å². The molecule has 94 valence electrons. The van der Waals surface area contributed by atoms with Crippen LogP contribution in [0, 0.1) is 0 Å². The van der Waals surface area contributed by atoms with Gasteiger partial charge in [-0.25, -0.2) is 9.78 Å². The number of ether oxygens (including phenoxy) is 1. The van der Waals surface area contributed by atoms with Gasteiger partial charge >= 0.3 is 6.03 Å². The van der Waals surface area contributed by atoms with Gasteiger partial charge < -0.3 is 15.4 Å². The third-order valence-electron chi connectivity index (χ3n) is 2.24. The van der Waals surface area contributed by atoms with E-state index in [1.165, 1.54) is 13.3 Å². The highest BCUT2D eigenvalue weighted by molar-refractivity contribution is 5.88. The second kappa shape index (κ2) is 5.67. The molecule has 0 aromatic carbocycles. The van der Waals surface area contributed by atoms with Crippen LogP contribution < -0.4 is 15.4 Å². The van der Waals surface area contributed by atoms with Gasteiger partial charge in [-0.15, -0.1) is 0 Å². The van der Waals surface area contributed by atoms with Crippen molar-refractivity contribution in [3.8, 4) is 5.88 Å². The average Bonchev–Trinajstić information content (AvgIpc) is 2.89. The number of nitrogens with zero attached hydrogens (tertiary/aromatic N) is 2. The number of urea groups is 1. The summed E-state index contributed by atoms with van der Waals surface area (Å²) in [5.41, 5.74) is 1.41. The van der Waals surface area contributed by atoms with E-state index in [-0.39, 0.29) is 6.03 Å². The maximum absolute atomic E-state index is 11.6. The molecule has 0 spiro atoms. The minimum atomic E-state index is -0.317. The van der Waals surface area contributed by atoms with E-state index < -0.39 is 0 Å². The predicted octanol–water partition coefficient (Wildman–Crippen LogP) is 1.13. The van der Waals surface area contributed by atoms with Crippen molar-refractivity contribution in [1.82, 2.24) is 20.5 Å². The summed E-state index contributed by atoms with van der Waals surface area (Å²) in [6, 6.07) is 3.31. The SMILES string of the molecule is COc1ncccc1CNC(=O)Nc1cn[nH]c1. The predicted molar refractivity (Wildman–Crippen MR) is 65.2 cm³/mol. The second-order valence-electron chi connectivity index (χ2n) is 3.47. The number of nitrogens with one attached hydrogen (secondary N) is 3. The lowest BCUT2D eigenvalue weighted by atomic mass is 10.3. The fraction of sp³-hybridized carbons (Fsp3) is 0.182. The monoisotopic (exact) mass is 247 g/mol. The van der Waals surface area contributed by atoms with Gasteiger partial charge in [-0.1, -0.05) is 6.07 Å². The van der Waals surface area contributed by atoms with Crippen molar-refractivity contribution in [2.24, 2.45) is 0 Å². The van der Waals surface area contributed by atoms with Gasteiger partial charge in [-0.3, -0.25) is 5.10 Å². The van der Waals surface area contributed by atoms with Gasteiger partial charge in [0.05, 0.1) is 19.0 Å². The summed E-state index contributed by atoms with van der Waals surface area (Å²) in [5.74, 6) is 0.501. The maximum Gasteiger partial charge on any atom is 0.319 e. The zero-order valence-electron chi connectivity index (χ0n) is 9.80. The Morgan fingerprint density at radius 3 is 3.17 bits per heavy atom. The molecule has 2 heterocycles. The highest BCUT2D eigenvalue weighted by Gasteiger charge is 2.06. The molecule has 7 heteroatoms. The number of rotatable bonds is 4. The van der Waals surface area contributed by atoms with Crippen LogP contribution in [-0.4, -0.2) is 28.3 Å². The Morgan fingerprint density at radius 1 is 1.56 bits per heavy atom. The van der Waals surface area contributed by atoms with Crippen molar-refractivity contribution in [1.29, 1.82) is 0 Å². The Morgan fingerprint density at radius 2 is 2.44 bits per heavy atom. The van der Waals surface area contributed by atoms with Crippen LogP contribution in [0.2, 0.25) is 0 Å². The van der Waals surface area contributed by atoms with E-state index in [1.54, 1.807) is 18.5 Å². The van der Waals surface area contributed by atoms with E-state index in [9.17, 15) is 4.79 Å². The number of carbonyl (C=O) groups excluding carboxylic acids is 1. The molecule has 3 N–H and O–H groups in total. The molecule has 0 aliphatic rings. The fourth-order valence-electron chi connectivity index (χ4n) is 1.41. The summed E-state index contributed by atoms with van der Waals surface area (Å²) in [7, 11) is 1.54. The van der Waals surface area contributed by atoms with E-state index >= 15 is 0 Å². The van der Waals surface area contributed by atoms with E-state index in [1.807, 2.05) is 6.07 Å². The summed E-state index contributed by atoms with van der Waals surface area (Å²) in [5, 5.41) is 11.7. The van der Waals surface area contributed by atoms with Crippen molar-refractivity contribution in [2.45, 2.75) is 6.54 Å². The molecule has 18 heavy (non-hydrogen) atoms. The Kier molecular flexibility index (Phi) is 3.75. The van der Waals surface area contributed by atoms with Crippen LogP contribution in [0.3, 0.4) is 0 Å². The van der Waals surface area contributed by atoms with Crippen LogP contribution in [0.25, 0.3) is 0 Å². The lowest BCUT2D eigenvalue weighted by Gasteiger charge is -2.08. The van der Waals surface area contributed by atoms with Crippen molar-refractivity contribution >= 4 is 11.7 Å². The molecule has 2 aromatic heterocycles. The maximum atomic E-state index is 11.6. The van der Waals surface area contributed by atoms with Gasteiger partial charge in [0.25, 0.3) is 0 Å². The lowest BCUT2D eigenvalue weighted by Crippen LogP contribution is -2.28. The first-order valence-corrected chi connectivity index (χ1v) is 5.31. The molecule has 2 aromatic rings. The first-order chi connectivity index (χ1) is 8.79. The standard InChI is InChI=1S/C11H13N5O2/c1-18-10-8(3-2-4-12-10)5-13-11(17)16-9-6-14-15-7-9/h2-4,6-7H,5H2,1H3,(H,14,15)(H2,13,16,17). The molecule has 2 rings (SSSR count). The van der Waals surface area contributed by atoms with Gasteiger partial charge in [0.2, 0.25) is 5.88 Å². The first kappa shape index (κ1) is 11.9. The second-order valence-corrected chi connectivity index (χ2v) is 3.47. The number of methoxy groups -OCH3 is 1. The molecular weight excluding hydrogens is 234 g/mol. The first-order valence-electron chi connectivity index (χ1n) is 5.31. The molecule has 0 saturated heterocycles. The van der Waals surface area contributed by atoms with Gasteiger partial charge in [-0.2, -0.15) is 5.10 Å². The van der Waals surface area contributed by atoms with Crippen molar-refractivity contribution < 1.29 is 9.53 Å². The summed E-state index contributed by atoms with van der Waals surface area (Å²) in [4.78, 5) is 15.6. The normalized spacial score (nSPS) is 9.83. The molecule has 7 nitrogen and oxygen atoms in total. The Hall–Kier alpha value is -2.57. The van der Waals surface area contributed by atoms with Gasteiger partial charge in [-0.05, 0) is 6.07 Å². The molecule has 0 bridgehead atoms. The highest BCUT2D eigenvalue weighted by Crippen LogP contribution is 2.12. The van der Waals surface area contributed by atoms with Crippen LogP contribution in [0.15, 0.2) is 30.7 Å². The number of H-pyrrole nitrogens is 1. The van der Waals surface area contributed by atoms with Crippen LogP contribution in [0.1, 0.15) is 5.56 Å². The summed E-state index contributed by atoms with van der Waals surface area (Å²) < 4.78 is 5.09. The van der Waals surface area contributed by atoms with Gasteiger partial charge in [0.15, 0.2) is 0 Å². The Bertz CT molecular complexity index is 512. The molecule has 0 fully saturated rings. The smallest absolute Gasteiger partial charge is 0.319 e. The fourth-order valence-corrected chi connectivity index (χ4v) is 1.41. The minimum Gasteiger partial charge on any atom is -0.481 e. The van der Waals surface area contributed by atoms with E-state index in [0.717, 1.165) is 5.56 Å². The van der Waals surface area contributed by atoms with Crippen molar-refractivity contribution in [2.75, 3.05) is 12.4 Å². The van der Waals surface area contributed by atoms with Crippen LogP contribution >= 0.6 is 0 Å². The molecule has 0 radical (unpaired) electrons. The molecule has 0 unspecified atom stereocenters. The number of anilines is 1. The lowest BCUT2D eigenvalue weighted by molar-refractivity contribution is 0.251. The van der Waals surface area contributed by atoms with Gasteiger partial charge in [0, 0.05) is 24.5 Å². The number of hydrogen-bond donors (Lipinski definition) is 3. The number of aromatic amines is 1. The van der Waals surface area contributed by atoms with Gasteiger partial charge in [0.1, 0.15) is 0 Å². The van der Waals surface area contributed by atoms with Crippen LogP contribution in [-0.2, 0) is 6.54 Å². The van der Waals surface area contributed by atoms with Crippen LogP contribution in [0.5, 0.6) is 5.88 Å². The number of carbonyl (C=O) groups is 1. The van der Waals surface area contributed by atoms with E-state index in [2.05, 4.69) is 25.8 Å². The largest absolute Gasteiger partial charge is 0.481 e. The van der Waals surface area contributed by atoms with E-state index in [0.29, 0.717) is 18.1 Å². The molecule has 0 aliphatic heterocycles. The summed E-state index contributed by atoms with van der Waals surface area (Å²) in [6.07, 6.45) is 4.74. The van der Waals surface area contributed by atoms with Crippen molar-refractivity contribution in [3.05, 3.63) is 36.3 Å². The molecular formula is C11H13N5O2. The molecule has 0 saturated carbocycles. The quantitative estimate of drug-likeness (QED) is 0.755. The minimum absolute atomic E-state index is 0.317. The molecule has 0 atom stereocenters.